The summed E-state index contributed by atoms with van der Waals surface area (Å²) in [6.45, 7) is 1.48. The van der Waals surface area contributed by atoms with Gasteiger partial charge in [0.25, 0.3) is 0 Å². The zero-order chi connectivity index (χ0) is 9.26. The lowest BCUT2D eigenvalue weighted by Gasteiger charge is -2.28. The number of ether oxygens (including phenoxy) is 2. The average Bonchev–Trinajstić information content (AvgIpc) is 2.46. The number of likely N-dealkylation sites (tertiary alicyclic amines) is 1. The van der Waals surface area contributed by atoms with E-state index in [1.54, 1.807) is 4.90 Å². The minimum Gasteiger partial charge on any atom is -0.422 e. The van der Waals surface area contributed by atoms with Crippen LogP contribution in [-0.4, -0.2) is 48.7 Å². The van der Waals surface area contributed by atoms with Gasteiger partial charge >= 0.3 is 6.09 Å². The quantitative estimate of drug-likeness (QED) is 0.577. The van der Waals surface area contributed by atoms with E-state index in [4.69, 9.17) is 9.84 Å². The number of amides is 1. The maximum atomic E-state index is 11.2. The fraction of sp³-hybridized carbons (Fsp3) is 0.875. The molecule has 2 aliphatic rings. The summed E-state index contributed by atoms with van der Waals surface area (Å²) in [5, 5.41) is 8.41. The molecule has 2 unspecified atom stereocenters. The van der Waals surface area contributed by atoms with Gasteiger partial charge in [0, 0.05) is 12.5 Å². The van der Waals surface area contributed by atoms with Gasteiger partial charge in [0.1, 0.15) is 0 Å². The number of hydrogen-bond donors (Lipinski definition) is 1. The molecule has 2 bridgehead atoms. The Hall–Kier alpha value is -0.810. The summed E-state index contributed by atoms with van der Waals surface area (Å²) in [5.41, 5.74) is 0. The van der Waals surface area contributed by atoms with Crippen molar-refractivity contribution in [3.05, 3.63) is 0 Å². The Kier molecular flexibility index (Phi) is 2.37. The molecule has 5 heteroatoms. The van der Waals surface area contributed by atoms with Gasteiger partial charge in [-0.3, -0.25) is 0 Å². The van der Waals surface area contributed by atoms with Crippen molar-refractivity contribution in [1.29, 1.82) is 0 Å². The minimum absolute atomic E-state index is 0.171. The third-order valence-electron chi connectivity index (χ3n) is 2.51. The first kappa shape index (κ1) is 8.77. The molecule has 2 rings (SSSR count). The van der Waals surface area contributed by atoms with E-state index in [-0.39, 0.29) is 6.10 Å². The van der Waals surface area contributed by atoms with Crippen LogP contribution in [0.2, 0.25) is 0 Å². The first-order valence-electron chi connectivity index (χ1n) is 4.43. The first-order valence-corrected chi connectivity index (χ1v) is 4.43. The number of aliphatic hydroxyl groups is 1. The van der Waals surface area contributed by atoms with Gasteiger partial charge in [-0.05, 0) is 6.42 Å². The molecule has 0 aromatic rings. The molecular weight excluding hydrogens is 174 g/mol. The van der Waals surface area contributed by atoms with E-state index in [1.807, 2.05) is 0 Å². The molecule has 0 saturated carbocycles. The molecular formula is C8H13NO4. The third-order valence-corrected chi connectivity index (χ3v) is 2.51. The van der Waals surface area contributed by atoms with Crippen molar-refractivity contribution in [2.24, 2.45) is 5.92 Å². The lowest BCUT2D eigenvalue weighted by Crippen LogP contribution is -2.43. The second-order valence-electron chi connectivity index (χ2n) is 3.50. The van der Waals surface area contributed by atoms with Gasteiger partial charge in [0.2, 0.25) is 0 Å². The number of hydrogen-bond acceptors (Lipinski definition) is 4. The molecule has 0 aliphatic carbocycles. The van der Waals surface area contributed by atoms with E-state index in [0.29, 0.717) is 19.0 Å². The Morgan fingerprint density at radius 1 is 1.62 bits per heavy atom. The lowest BCUT2D eigenvalue weighted by molar-refractivity contribution is 0.0103. The second-order valence-corrected chi connectivity index (χ2v) is 3.50. The summed E-state index contributed by atoms with van der Waals surface area (Å²) in [6.07, 6.45) is 0.774. The first-order chi connectivity index (χ1) is 6.29. The van der Waals surface area contributed by atoms with Crippen LogP contribution in [0.25, 0.3) is 0 Å². The van der Waals surface area contributed by atoms with Crippen LogP contribution in [0.15, 0.2) is 0 Å². The van der Waals surface area contributed by atoms with Crippen LogP contribution in [0.1, 0.15) is 6.42 Å². The van der Waals surface area contributed by atoms with Gasteiger partial charge in [-0.15, -0.1) is 0 Å². The van der Waals surface area contributed by atoms with Crippen LogP contribution in [-0.2, 0) is 9.47 Å². The van der Waals surface area contributed by atoms with Crippen molar-refractivity contribution in [1.82, 2.24) is 4.90 Å². The summed E-state index contributed by atoms with van der Waals surface area (Å²) in [6, 6.07) is 0. The highest BCUT2D eigenvalue weighted by Crippen LogP contribution is 2.26. The molecule has 0 spiro atoms. The Bertz CT molecular complexity index is 196. The zero-order valence-electron chi connectivity index (χ0n) is 7.31. The van der Waals surface area contributed by atoms with E-state index in [1.165, 1.54) is 0 Å². The van der Waals surface area contributed by atoms with Gasteiger partial charge in [-0.25, -0.2) is 4.79 Å². The number of nitrogens with zero attached hydrogens (tertiary/aromatic N) is 1. The predicted molar refractivity (Wildman–Crippen MR) is 43.0 cm³/mol. The van der Waals surface area contributed by atoms with E-state index in [2.05, 4.69) is 4.74 Å². The number of piperidine rings is 1. The SMILES string of the molecule is O=C(OCO)N1CC2COC(C2)C1. The van der Waals surface area contributed by atoms with E-state index < -0.39 is 12.9 Å². The molecule has 13 heavy (non-hydrogen) atoms. The van der Waals surface area contributed by atoms with Crippen LogP contribution < -0.4 is 0 Å². The van der Waals surface area contributed by atoms with Crippen molar-refractivity contribution >= 4 is 6.09 Å². The second kappa shape index (κ2) is 3.51. The largest absolute Gasteiger partial charge is 0.422 e. The standard InChI is InChI=1S/C8H13NO4/c10-5-13-8(11)9-2-6-1-7(3-9)12-4-6/h6-7,10H,1-5H2. The number of carbonyl (C=O) groups is 1. The van der Waals surface area contributed by atoms with Crippen molar-refractivity contribution < 1.29 is 19.4 Å². The summed E-state index contributed by atoms with van der Waals surface area (Å²) < 4.78 is 9.92. The summed E-state index contributed by atoms with van der Waals surface area (Å²) >= 11 is 0. The molecule has 1 amide bonds. The predicted octanol–water partition coefficient (Wildman–Crippen LogP) is -0.207. The molecule has 2 fully saturated rings. The highest BCUT2D eigenvalue weighted by molar-refractivity contribution is 5.67. The molecule has 1 N–H and O–H groups in total. The number of aliphatic hydroxyl groups excluding tert-OH is 1. The molecule has 5 nitrogen and oxygen atoms in total. The fourth-order valence-electron chi connectivity index (χ4n) is 1.96. The summed E-state index contributed by atoms with van der Waals surface area (Å²) in [5.74, 6) is 0.449. The number of carbonyl (C=O) groups excluding carboxylic acids is 1. The monoisotopic (exact) mass is 187 g/mol. The van der Waals surface area contributed by atoms with Gasteiger partial charge < -0.3 is 19.5 Å². The van der Waals surface area contributed by atoms with Crippen molar-refractivity contribution in [2.75, 3.05) is 26.5 Å². The third kappa shape index (κ3) is 1.76. The summed E-state index contributed by atoms with van der Waals surface area (Å²) in [7, 11) is 0. The zero-order valence-corrected chi connectivity index (χ0v) is 7.31. The van der Waals surface area contributed by atoms with Gasteiger partial charge in [0.15, 0.2) is 6.79 Å². The highest BCUT2D eigenvalue weighted by atomic mass is 16.6. The van der Waals surface area contributed by atoms with Gasteiger partial charge in [0.05, 0.1) is 19.3 Å². The van der Waals surface area contributed by atoms with Crippen LogP contribution in [0.4, 0.5) is 4.79 Å². The maximum absolute atomic E-state index is 11.2. The molecule has 2 atom stereocenters. The molecule has 0 radical (unpaired) electrons. The van der Waals surface area contributed by atoms with Crippen LogP contribution in [0.3, 0.4) is 0 Å². The Morgan fingerprint density at radius 3 is 3.15 bits per heavy atom. The molecule has 2 heterocycles. The van der Waals surface area contributed by atoms with Crippen molar-refractivity contribution in [3.8, 4) is 0 Å². The minimum atomic E-state index is -0.550. The smallest absolute Gasteiger partial charge is 0.411 e. The van der Waals surface area contributed by atoms with Crippen LogP contribution in [0, 0.1) is 5.92 Å². The topological polar surface area (TPSA) is 59.0 Å². The molecule has 0 aromatic heterocycles. The van der Waals surface area contributed by atoms with E-state index >= 15 is 0 Å². The Morgan fingerprint density at radius 2 is 2.46 bits per heavy atom. The number of rotatable bonds is 1. The van der Waals surface area contributed by atoms with Crippen LogP contribution >= 0.6 is 0 Å². The van der Waals surface area contributed by atoms with Gasteiger partial charge in [-0.1, -0.05) is 0 Å². The van der Waals surface area contributed by atoms with E-state index in [0.717, 1.165) is 13.0 Å². The van der Waals surface area contributed by atoms with Crippen LogP contribution in [0.5, 0.6) is 0 Å². The normalized spacial score (nSPS) is 31.9. The fourth-order valence-corrected chi connectivity index (χ4v) is 1.96. The van der Waals surface area contributed by atoms with Crippen molar-refractivity contribution in [2.45, 2.75) is 12.5 Å². The maximum Gasteiger partial charge on any atom is 0.411 e. The van der Waals surface area contributed by atoms with Gasteiger partial charge in [-0.2, -0.15) is 0 Å². The molecule has 2 aliphatic heterocycles. The number of fused-ring (bicyclic) bond motifs is 2. The molecule has 74 valence electrons. The highest BCUT2D eigenvalue weighted by Gasteiger charge is 2.36. The summed E-state index contributed by atoms with van der Waals surface area (Å²) in [4.78, 5) is 12.8. The molecule has 2 saturated heterocycles. The lowest BCUT2D eigenvalue weighted by atomic mass is 10.0. The Labute approximate surface area is 76.2 Å². The van der Waals surface area contributed by atoms with Crippen molar-refractivity contribution in [3.63, 3.8) is 0 Å². The molecule has 0 aromatic carbocycles. The van der Waals surface area contributed by atoms with E-state index in [9.17, 15) is 4.79 Å². The average molecular weight is 187 g/mol. The Balaban J connectivity index is 1.91.